The molecule has 37 heavy (non-hydrogen) atoms. The summed E-state index contributed by atoms with van der Waals surface area (Å²) >= 11 is 0. The minimum atomic E-state index is -0.286. The van der Waals surface area contributed by atoms with Crippen LogP contribution in [-0.2, 0) is 4.74 Å². The molecule has 2 aromatic heterocycles. The molecule has 11 nitrogen and oxygen atoms in total. The van der Waals surface area contributed by atoms with E-state index in [1.807, 2.05) is 43.4 Å². The smallest absolute Gasteiger partial charge is 0.275 e. The van der Waals surface area contributed by atoms with E-state index in [2.05, 4.69) is 48.5 Å². The molecule has 0 atom stereocenters. The largest absolute Gasteiger partial charge is 0.465 e. The molecule has 0 saturated carbocycles. The average molecular weight is 503 g/mol. The summed E-state index contributed by atoms with van der Waals surface area (Å²) in [5, 5.41) is 6.34. The molecule has 192 valence electrons. The van der Waals surface area contributed by atoms with E-state index in [1.165, 1.54) is 10.8 Å². The average Bonchev–Trinajstić information content (AvgIpc) is 2.93. The Bertz CT molecular complexity index is 1450. The van der Waals surface area contributed by atoms with Crippen molar-refractivity contribution in [1.29, 1.82) is 0 Å². The quantitative estimate of drug-likeness (QED) is 0.349. The van der Waals surface area contributed by atoms with Gasteiger partial charge in [0.1, 0.15) is 11.3 Å². The predicted octanol–water partition coefficient (Wildman–Crippen LogP) is 2.70. The molecule has 1 saturated heterocycles. The first-order valence-corrected chi connectivity index (χ1v) is 12.0. The van der Waals surface area contributed by atoms with Crippen LogP contribution in [0.2, 0.25) is 0 Å². The van der Waals surface area contributed by atoms with Crippen molar-refractivity contribution >= 4 is 34.2 Å². The Balaban J connectivity index is 1.50. The molecule has 5 rings (SSSR count). The zero-order valence-corrected chi connectivity index (χ0v) is 21.1. The third-order valence-electron chi connectivity index (χ3n) is 6.30. The summed E-state index contributed by atoms with van der Waals surface area (Å²) in [6.45, 7) is 4.00. The minimum Gasteiger partial charge on any atom is -0.465 e. The van der Waals surface area contributed by atoms with Gasteiger partial charge in [-0.25, -0.2) is 9.97 Å². The number of benzene rings is 2. The van der Waals surface area contributed by atoms with Gasteiger partial charge in [-0.05, 0) is 37.4 Å². The molecule has 2 aromatic carbocycles. The van der Waals surface area contributed by atoms with Gasteiger partial charge in [0.15, 0.2) is 12.4 Å². The molecule has 3 heterocycles. The van der Waals surface area contributed by atoms with E-state index < -0.39 is 0 Å². The van der Waals surface area contributed by atoms with Crippen LogP contribution in [0.1, 0.15) is 0 Å². The van der Waals surface area contributed by atoms with Crippen molar-refractivity contribution in [1.82, 2.24) is 24.4 Å². The molecule has 0 aliphatic carbocycles. The van der Waals surface area contributed by atoms with E-state index in [0.717, 1.165) is 37.6 Å². The lowest BCUT2D eigenvalue weighted by atomic mass is 10.2. The van der Waals surface area contributed by atoms with Crippen molar-refractivity contribution in [3.8, 4) is 11.4 Å². The molecular formula is C26H30N8O3. The summed E-state index contributed by atoms with van der Waals surface area (Å²) in [4.78, 5) is 30.8. The molecule has 11 heteroatoms. The van der Waals surface area contributed by atoms with Crippen LogP contribution in [0, 0.1) is 0 Å². The van der Waals surface area contributed by atoms with Crippen molar-refractivity contribution in [2.75, 3.05) is 69.7 Å². The van der Waals surface area contributed by atoms with E-state index in [4.69, 9.17) is 9.47 Å². The summed E-state index contributed by atoms with van der Waals surface area (Å²) < 4.78 is 12.6. The lowest BCUT2D eigenvalue weighted by molar-refractivity contribution is 0.0516. The highest BCUT2D eigenvalue weighted by atomic mass is 16.7. The van der Waals surface area contributed by atoms with Crippen LogP contribution < -0.4 is 25.8 Å². The van der Waals surface area contributed by atoms with Crippen molar-refractivity contribution in [3.63, 3.8) is 0 Å². The van der Waals surface area contributed by atoms with Crippen LogP contribution in [0.3, 0.4) is 0 Å². The zero-order chi connectivity index (χ0) is 25.8. The number of ether oxygens (including phenoxy) is 2. The van der Waals surface area contributed by atoms with E-state index in [0.29, 0.717) is 34.2 Å². The second-order valence-electron chi connectivity index (χ2n) is 8.78. The molecule has 4 aromatic rings. The number of methoxy groups -OCH3 is 1. The lowest BCUT2D eigenvalue weighted by Gasteiger charge is -2.34. The SMILES string of the molecule is CNc1cccc(-n2c(=O)cnc3cnc(Nc4ccc(N5CCN(C)CC5)cc4OCOC)nc32)c1. The number of likely N-dealkylation sites (N-methyl/N-ethyl adjacent to an activating group) is 1. The lowest BCUT2D eigenvalue weighted by Crippen LogP contribution is -2.44. The van der Waals surface area contributed by atoms with Gasteiger partial charge in [0.2, 0.25) is 5.95 Å². The van der Waals surface area contributed by atoms with E-state index in [1.54, 1.807) is 13.3 Å². The van der Waals surface area contributed by atoms with E-state index in [-0.39, 0.29) is 12.4 Å². The van der Waals surface area contributed by atoms with Crippen molar-refractivity contribution < 1.29 is 9.47 Å². The monoisotopic (exact) mass is 502 g/mol. The summed E-state index contributed by atoms with van der Waals surface area (Å²) in [5.41, 5.74) is 3.92. The van der Waals surface area contributed by atoms with Gasteiger partial charge in [-0.2, -0.15) is 4.98 Å². The molecular weight excluding hydrogens is 472 g/mol. The zero-order valence-electron chi connectivity index (χ0n) is 21.1. The maximum absolute atomic E-state index is 12.8. The molecule has 0 amide bonds. The van der Waals surface area contributed by atoms with Gasteiger partial charge in [0.25, 0.3) is 5.56 Å². The van der Waals surface area contributed by atoms with E-state index >= 15 is 0 Å². The van der Waals surface area contributed by atoms with Crippen molar-refractivity contribution in [2.45, 2.75) is 0 Å². The summed E-state index contributed by atoms with van der Waals surface area (Å²) in [7, 11) is 5.54. The number of nitrogens with one attached hydrogen (secondary N) is 2. The van der Waals surface area contributed by atoms with Gasteiger partial charge in [-0.1, -0.05) is 6.07 Å². The van der Waals surface area contributed by atoms with E-state index in [9.17, 15) is 4.79 Å². The Labute approximate surface area is 214 Å². The van der Waals surface area contributed by atoms with Crippen LogP contribution in [-0.4, -0.2) is 78.6 Å². The molecule has 1 fully saturated rings. The van der Waals surface area contributed by atoms with Crippen LogP contribution in [0.4, 0.5) is 23.0 Å². The molecule has 0 spiro atoms. The number of rotatable bonds is 8. The molecule has 1 aliphatic heterocycles. The Morgan fingerprint density at radius 3 is 2.62 bits per heavy atom. The third-order valence-corrected chi connectivity index (χ3v) is 6.30. The third kappa shape index (κ3) is 5.32. The highest BCUT2D eigenvalue weighted by molar-refractivity contribution is 5.75. The Morgan fingerprint density at radius 2 is 1.84 bits per heavy atom. The number of piperazine rings is 1. The van der Waals surface area contributed by atoms with Crippen LogP contribution in [0.5, 0.6) is 5.75 Å². The molecule has 2 N–H and O–H groups in total. The second kappa shape index (κ2) is 10.8. The first-order chi connectivity index (χ1) is 18.1. The fourth-order valence-corrected chi connectivity index (χ4v) is 4.26. The number of hydrogen-bond donors (Lipinski definition) is 2. The fraction of sp³-hybridized carbons (Fsp3) is 0.308. The number of nitrogens with zero attached hydrogens (tertiary/aromatic N) is 6. The van der Waals surface area contributed by atoms with Gasteiger partial charge in [0.05, 0.1) is 23.8 Å². The van der Waals surface area contributed by atoms with Crippen LogP contribution in [0.25, 0.3) is 16.9 Å². The summed E-state index contributed by atoms with van der Waals surface area (Å²) in [5.74, 6) is 0.931. The molecule has 0 bridgehead atoms. The number of hydrogen-bond acceptors (Lipinski definition) is 10. The fourth-order valence-electron chi connectivity index (χ4n) is 4.26. The van der Waals surface area contributed by atoms with Crippen LogP contribution >= 0.6 is 0 Å². The maximum atomic E-state index is 12.8. The number of anilines is 4. The Kier molecular flexibility index (Phi) is 7.15. The second-order valence-corrected chi connectivity index (χ2v) is 8.78. The van der Waals surface area contributed by atoms with Crippen LogP contribution in [0.15, 0.2) is 59.7 Å². The van der Waals surface area contributed by atoms with Gasteiger partial charge in [-0.15, -0.1) is 0 Å². The van der Waals surface area contributed by atoms with Crippen molar-refractivity contribution in [2.24, 2.45) is 0 Å². The maximum Gasteiger partial charge on any atom is 0.275 e. The van der Waals surface area contributed by atoms with Crippen molar-refractivity contribution in [3.05, 3.63) is 65.2 Å². The standard InChI is InChI=1S/C26H30N8O3/c1-27-18-5-4-6-20(13-18)34-24(35)16-28-22-15-29-26(31-25(22)34)30-21-8-7-19(14-23(21)37-17-36-3)33-11-9-32(2)10-12-33/h4-8,13-16,27H,9-12,17H2,1-3H3,(H,29,30,31). The normalized spacial score (nSPS) is 14.1. The highest BCUT2D eigenvalue weighted by Crippen LogP contribution is 2.32. The number of fused-ring (bicyclic) bond motifs is 1. The Hall–Kier alpha value is -4.22. The highest BCUT2D eigenvalue weighted by Gasteiger charge is 2.17. The first kappa shape index (κ1) is 24.5. The molecule has 0 unspecified atom stereocenters. The molecule has 0 radical (unpaired) electrons. The number of aromatic nitrogens is 4. The predicted molar refractivity (Wildman–Crippen MR) is 144 cm³/mol. The topological polar surface area (TPSA) is 110 Å². The first-order valence-electron chi connectivity index (χ1n) is 12.0. The summed E-state index contributed by atoms with van der Waals surface area (Å²) in [6.07, 6.45) is 2.87. The van der Waals surface area contributed by atoms with Gasteiger partial charge in [-0.3, -0.25) is 9.36 Å². The summed E-state index contributed by atoms with van der Waals surface area (Å²) in [6, 6.07) is 13.5. The Morgan fingerprint density at radius 1 is 1.00 bits per heavy atom. The minimum absolute atomic E-state index is 0.102. The van der Waals surface area contributed by atoms with Gasteiger partial charge < -0.3 is 29.9 Å². The molecule has 1 aliphatic rings. The van der Waals surface area contributed by atoms with Gasteiger partial charge >= 0.3 is 0 Å². The van der Waals surface area contributed by atoms with Gasteiger partial charge in [0, 0.05) is 57.8 Å².